The van der Waals surface area contributed by atoms with Crippen molar-refractivity contribution in [2.75, 3.05) is 24.7 Å². The Balaban J connectivity index is 2.50. The first-order chi connectivity index (χ1) is 6.75. The van der Waals surface area contributed by atoms with Crippen molar-refractivity contribution in [1.29, 1.82) is 0 Å². The molecule has 6 heteroatoms. The lowest BCUT2D eigenvalue weighted by Crippen LogP contribution is -2.17. The maximum Gasteiger partial charge on any atom is 0.244 e. The third kappa shape index (κ3) is 1.08. The Morgan fingerprint density at radius 3 is 3.00 bits per heavy atom. The highest BCUT2D eigenvalue weighted by Crippen LogP contribution is 2.30. The maximum absolute atomic E-state index is 8.61. The van der Waals surface area contributed by atoms with Gasteiger partial charge in [-0.05, 0) is 6.07 Å². The van der Waals surface area contributed by atoms with Crippen molar-refractivity contribution >= 4 is 22.6 Å². The number of nitrogens with two attached hydrogens (primary N) is 2. The van der Waals surface area contributed by atoms with E-state index in [1.54, 1.807) is 6.07 Å². The molecule has 76 valence electrons. The number of aromatic nitrogens is 1. The number of fused-ring (bicyclic) bond motifs is 1. The zero-order valence-electron chi connectivity index (χ0n) is 7.43. The fourth-order valence-electron chi connectivity index (χ4n) is 1.28. The van der Waals surface area contributed by atoms with Gasteiger partial charge in [-0.15, -0.1) is 4.73 Å². The predicted octanol–water partition coefficient (Wildman–Crippen LogP) is -0.180. The van der Waals surface area contributed by atoms with Gasteiger partial charge in [-0.2, -0.15) is 0 Å². The lowest BCUT2D eigenvalue weighted by Gasteiger charge is -2.06. The van der Waals surface area contributed by atoms with Crippen LogP contribution in [-0.4, -0.2) is 23.1 Å². The van der Waals surface area contributed by atoms with E-state index in [1.165, 1.54) is 11.0 Å². The van der Waals surface area contributed by atoms with Crippen LogP contribution in [0.3, 0.4) is 0 Å². The summed E-state index contributed by atoms with van der Waals surface area (Å²) < 4.78 is 6.42. The highest BCUT2D eigenvalue weighted by molar-refractivity contribution is 5.95. The van der Waals surface area contributed by atoms with Crippen LogP contribution < -0.4 is 16.3 Å². The molecular weight excluding hydrogens is 186 g/mol. The molecule has 0 aromatic carbocycles. The number of anilines is 2. The van der Waals surface area contributed by atoms with Crippen molar-refractivity contribution in [3.8, 4) is 0 Å². The van der Waals surface area contributed by atoms with Gasteiger partial charge in [0.25, 0.3) is 0 Å². The second kappa shape index (κ2) is 3.15. The smallest absolute Gasteiger partial charge is 0.244 e. The van der Waals surface area contributed by atoms with Crippen molar-refractivity contribution < 1.29 is 14.4 Å². The molecule has 2 aromatic rings. The molecule has 6 nitrogen and oxygen atoms in total. The van der Waals surface area contributed by atoms with Crippen LogP contribution in [0.4, 0.5) is 11.5 Å². The highest BCUT2D eigenvalue weighted by Gasteiger charge is 2.15. The van der Waals surface area contributed by atoms with E-state index in [2.05, 4.69) is 0 Å². The van der Waals surface area contributed by atoms with Crippen LogP contribution in [0.2, 0.25) is 0 Å². The molecule has 0 unspecified atom stereocenters. The third-order valence-corrected chi connectivity index (χ3v) is 1.93. The number of nitrogens with zero attached hydrogens (tertiary/aromatic N) is 1. The molecule has 0 radical (unpaired) electrons. The molecule has 2 rings (SSSR count). The number of hydrogen-bond donors (Lipinski definition) is 3. The first-order valence-electron chi connectivity index (χ1n) is 4.12. The Bertz CT molecular complexity index is 446. The molecule has 2 heterocycles. The van der Waals surface area contributed by atoms with Crippen molar-refractivity contribution in [3.63, 3.8) is 0 Å². The van der Waals surface area contributed by atoms with Gasteiger partial charge in [0.05, 0.1) is 23.9 Å². The van der Waals surface area contributed by atoms with Gasteiger partial charge in [0.2, 0.25) is 5.71 Å². The minimum atomic E-state index is -0.0975. The van der Waals surface area contributed by atoms with Gasteiger partial charge >= 0.3 is 0 Å². The molecule has 0 spiro atoms. The molecule has 0 aliphatic heterocycles. The van der Waals surface area contributed by atoms with Crippen molar-refractivity contribution in [1.82, 2.24) is 4.73 Å². The summed E-state index contributed by atoms with van der Waals surface area (Å²) in [6.45, 7) is 0.0356. The molecule has 0 fully saturated rings. The van der Waals surface area contributed by atoms with Crippen LogP contribution >= 0.6 is 0 Å². The van der Waals surface area contributed by atoms with Crippen LogP contribution in [-0.2, 0) is 0 Å². The summed E-state index contributed by atoms with van der Waals surface area (Å²) in [6.07, 6.45) is 1.50. The molecule has 0 amide bonds. The van der Waals surface area contributed by atoms with Crippen LogP contribution in [0.5, 0.6) is 0 Å². The fourth-order valence-corrected chi connectivity index (χ4v) is 1.28. The van der Waals surface area contributed by atoms with E-state index in [-0.39, 0.29) is 19.0 Å². The number of aliphatic hydroxyl groups excluding tert-OH is 1. The van der Waals surface area contributed by atoms with Crippen molar-refractivity contribution in [3.05, 3.63) is 12.3 Å². The van der Waals surface area contributed by atoms with E-state index in [4.69, 9.17) is 25.8 Å². The van der Waals surface area contributed by atoms with Crippen molar-refractivity contribution in [2.45, 2.75) is 0 Å². The second-order valence-corrected chi connectivity index (χ2v) is 2.79. The van der Waals surface area contributed by atoms with Gasteiger partial charge in [0.1, 0.15) is 6.61 Å². The Morgan fingerprint density at radius 1 is 1.50 bits per heavy atom. The van der Waals surface area contributed by atoms with Crippen LogP contribution in [0.25, 0.3) is 11.1 Å². The molecule has 0 aliphatic carbocycles. The average molecular weight is 197 g/mol. The van der Waals surface area contributed by atoms with Crippen molar-refractivity contribution in [2.24, 2.45) is 0 Å². The molecular formula is C8H11N3O3. The van der Waals surface area contributed by atoms with Gasteiger partial charge < -0.3 is 25.8 Å². The summed E-state index contributed by atoms with van der Waals surface area (Å²) >= 11 is 0. The lowest BCUT2D eigenvalue weighted by molar-refractivity contribution is 0.0818. The molecule has 14 heavy (non-hydrogen) atoms. The molecule has 0 aliphatic rings. The number of hydrogen-bond acceptors (Lipinski definition) is 5. The Hall–Kier alpha value is -1.82. The second-order valence-electron chi connectivity index (χ2n) is 2.79. The lowest BCUT2D eigenvalue weighted by atomic mass is 10.3. The molecule has 0 atom stereocenters. The molecule has 2 aromatic heterocycles. The number of furan rings is 1. The summed E-state index contributed by atoms with van der Waals surface area (Å²) in [7, 11) is 0. The molecule has 0 saturated heterocycles. The number of aliphatic hydroxyl groups is 1. The SMILES string of the molecule is Nc1c(N)n(OCCO)c2occc12. The monoisotopic (exact) mass is 197 g/mol. The first-order valence-corrected chi connectivity index (χ1v) is 4.12. The standard InChI is InChI=1S/C8H11N3O3/c9-6-5-1-3-13-8(5)11(7(6)10)14-4-2-12/h1,3,12H,2,4,9-10H2. The first kappa shape index (κ1) is 8.76. The van der Waals surface area contributed by atoms with Gasteiger partial charge in [-0.25, -0.2) is 0 Å². The largest absolute Gasteiger partial charge is 0.445 e. The van der Waals surface area contributed by atoms with E-state index in [0.717, 1.165) is 0 Å². The zero-order valence-corrected chi connectivity index (χ0v) is 7.43. The fraction of sp³-hybridized carbons (Fsp3) is 0.250. The minimum Gasteiger partial charge on any atom is -0.445 e. The zero-order chi connectivity index (χ0) is 10.1. The van der Waals surface area contributed by atoms with Crippen LogP contribution in [0.1, 0.15) is 0 Å². The van der Waals surface area contributed by atoms with Crippen LogP contribution in [0.15, 0.2) is 16.7 Å². The van der Waals surface area contributed by atoms with Gasteiger partial charge in [0, 0.05) is 0 Å². The van der Waals surface area contributed by atoms with Crippen LogP contribution in [0, 0.1) is 0 Å². The quantitative estimate of drug-likeness (QED) is 0.633. The summed E-state index contributed by atoms with van der Waals surface area (Å²) in [4.78, 5) is 5.15. The third-order valence-electron chi connectivity index (χ3n) is 1.93. The average Bonchev–Trinajstić information content (AvgIpc) is 2.72. The summed E-state index contributed by atoms with van der Waals surface area (Å²) in [5.74, 6) is 0.285. The van der Waals surface area contributed by atoms with E-state index < -0.39 is 0 Å². The summed E-state index contributed by atoms with van der Waals surface area (Å²) in [5, 5.41) is 9.32. The van der Waals surface area contributed by atoms with Gasteiger partial charge in [0.15, 0.2) is 5.82 Å². The predicted molar refractivity (Wildman–Crippen MR) is 51.6 cm³/mol. The molecule has 0 saturated carbocycles. The summed E-state index contributed by atoms with van der Waals surface area (Å²) in [6, 6.07) is 1.71. The Kier molecular flexibility index (Phi) is 1.97. The van der Waals surface area contributed by atoms with E-state index in [0.29, 0.717) is 16.8 Å². The van der Waals surface area contributed by atoms with Gasteiger partial charge in [-0.1, -0.05) is 0 Å². The highest BCUT2D eigenvalue weighted by atomic mass is 16.7. The minimum absolute atomic E-state index is 0.0975. The molecule has 5 N–H and O–H groups in total. The van der Waals surface area contributed by atoms with E-state index >= 15 is 0 Å². The summed E-state index contributed by atoms with van der Waals surface area (Å²) in [5.41, 5.74) is 12.3. The maximum atomic E-state index is 8.61. The van der Waals surface area contributed by atoms with E-state index in [9.17, 15) is 0 Å². The number of rotatable bonds is 3. The topological polar surface area (TPSA) is 99.6 Å². The van der Waals surface area contributed by atoms with E-state index in [1.807, 2.05) is 0 Å². The normalized spacial score (nSPS) is 10.9. The number of nitrogen functional groups attached to an aromatic ring is 2. The Morgan fingerprint density at radius 2 is 2.29 bits per heavy atom. The molecule has 0 bridgehead atoms. The Labute approximate surface area is 79.6 Å². The van der Waals surface area contributed by atoms with Gasteiger partial charge in [-0.3, -0.25) is 0 Å².